The number of nitrogens with one attached hydrogen (secondary N) is 1. The first-order valence-electron chi connectivity index (χ1n) is 9.79. The highest BCUT2D eigenvalue weighted by atomic mass is 16.7. The maximum absolute atomic E-state index is 12.6. The monoisotopic (exact) mass is 414 g/mol. The molecule has 0 saturated carbocycles. The van der Waals surface area contributed by atoms with Crippen molar-refractivity contribution in [3.63, 3.8) is 0 Å². The van der Waals surface area contributed by atoms with Crippen LogP contribution in [-0.4, -0.2) is 47.5 Å². The molecule has 9 nitrogen and oxygen atoms in total. The number of carbonyl (C=O) groups is 4. The number of hydrogen-bond acceptors (Lipinski definition) is 7. The van der Waals surface area contributed by atoms with Crippen molar-refractivity contribution in [2.45, 2.75) is 38.8 Å². The van der Waals surface area contributed by atoms with E-state index in [9.17, 15) is 19.2 Å². The Bertz CT molecular complexity index is 915. The Labute approximate surface area is 172 Å². The number of nitrogens with zero attached hydrogens (tertiary/aromatic N) is 1. The average molecular weight is 414 g/mol. The molecular weight excluding hydrogens is 392 g/mol. The summed E-state index contributed by atoms with van der Waals surface area (Å²) in [4.78, 5) is 51.2. The summed E-state index contributed by atoms with van der Waals surface area (Å²) in [7, 11) is 0. The number of ether oxygens (including phenoxy) is 3. The Balaban J connectivity index is 1.36. The van der Waals surface area contributed by atoms with E-state index in [0.29, 0.717) is 30.0 Å². The van der Waals surface area contributed by atoms with Crippen LogP contribution in [0.3, 0.4) is 0 Å². The number of anilines is 1. The number of allylic oxidation sites excluding steroid dienone is 2. The Morgan fingerprint density at radius 1 is 1.07 bits per heavy atom. The molecule has 9 heteroatoms. The normalized spacial score (nSPS) is 23.7. The van der Waals surface area contributed by atoms with Crippen molar-refractivity contribution in [3.8, 4) is 11.5 Å². The minimum absolute atomic E-state index is 0.115. The quantitative estimate of drug-likeness (QED) is 0.443. The molecule has 0 unspecified atom stereocenters. The van der Waals surface area contributed by atoms with E-state index in [1.165, 1.54) is 13.8 Å². The molecule has 1 aromatic carbocycles. The lowest BCUT2D eigenvalue weighted by molar-refractivity contribution is -0.163. The van der Waals surface area contributed by atoms with E-state index in [-0.39, 0.29) is 18.6 Å². The summed E-state index contributed by atoms with van der Waals surface area (Å²) in [6.07, 6.45) is 3.61. The van der Waals surface area contributed by atoms with Crippen LogP contribution in [0, 0.1) is 11.8 Å². The van der Waals surface area contributed by atoms with Gasteiger partial charge >= 0.3 is 5.97 Å². The van der Waals surface area contributed by atoms with Crippen LogP contribution in [0.15, 0.2) is 30.4 Å². The summed E-state index contributed by atoms with van der Waals surface area (Å²) in [5.74, 6) is -1.85. The summed E-state index contributed by atoms with van der Waals surface area (Å²) in [5.41, 5.74) is 0.460. The number of carbonyl (C=O) groups excluding carboxylic acids is 4. The predicted octanol–water partition coefficient (Wildman–Crippen LogP) is 1.63. The molecule has 0 aromatic heterocycles. The highest BCUT2D eigenvalue weighted by molar-refractivity contribution is 6.08. The molecule has 2 aliphatic heterocycles. The number of hydrogen-bond donors (Lipinski definition) is 1. The number of esters is 1. The van der Waals surface area contributed by atoms with Gasteiger partial charge in [-0.25, -0.2) is 4.79 Å². The zero-order valence-corrected chi connectivity index (χ0v) is 16.6. The third kappa shape index (κ3) is 3.51. The molecule has 4 rings (SSSR count). The Morgan fingerprint density at radius 3 is 2.37 bits per heavy atom. The summed E-state index contributed by atoms with van der Waals surface area (Å²) < 4.78 is 15.7. The molecule has 0 bridgehead atoms. The van der Waals surface area contributed by atoms with Crippen molar-refractivity contribution in [1.82, 2.24) is 4.90 Å². The number of likely N-dealkylation sites (tertiary alicyclic amines) is 1. The van der Waals surface area contributed by atoms with Gasteiger partial charge in [0.05, 0.1) is 11.8 Å². The van der Waals surface area contributed by atoms with Gasteiger partial charge < -0.3 is 19.5 Å². The topological polar surface area (TPSA) is 111 Å². The highest BCUT2D eigenvalue weighted by Gasteiger charge is 2.50. The van der Waals surface area contributed by atoms with Crippen molar-refractivity contribution in [3.05, 3.63) is 30.4 Å². The molecule has 0 spiro atoms. The van der Waals surface area contributed by atoms with Crippen molar-refractivity contribution >= 4 is 29.4 Å². The highest BCUT2D eigenvalue weighted by Crippen LogP contribution is 2.36. The Hall–Kier alpha value is -3.36. The van der Waals surface area contributed by atoms with Crippen LogP contribution < -0.4 is 14.8 Å². The third-order valence-corrected chi connectivity index (χ3v) is 5.57. The summed E-state index contributed by atoms with van der Waals surface area (Å²) in [6.45, 7) is 2.97. The van der Waals surface area contributed by atoms with Crippen molar-refractivity contribution < 1.29 is 33.4 Å². The molecule has 2 heterocycles. The minimum atomic E-state index is -1.12. The average Bonchev–Trinajstić information content (AvgIpc) is 3.30. The molecule has 30 heavy (non-hydrogen) atoms. The lowest BCUT2D eigenvalue weighted by Gasteiger charge is -2.23. The summed E-state index contributed by atoms with van der Waals surface area (Å²) in [5, 5.41) is 2.64. The molecule has 1 fully saturated rings. The molecule has 158 valence electrons. The number of rotatable bonds is 5. The van der Waals surface area contributed by atoms with Gasteiger partial charge in [-0.3, -0.25) is 19.3 Å². The zero-order chi connectivity index (χ0) is 21.4. The largest absolute Gasteiger partial charge is 0.454 e. The lowest BCUT2D eigenvalue weighted by atomic mass is 9.85. The lowest BCUT2D eigenvalue weighted by Crippen LogP contribution is -2.46. The molecule has 1 N–H and O–H groups in total. The number of benzene rings is 1. The zero-order valence-electron chi connectivity index (χ0n) is 16.6. The molecule has 1 aromatic rings. The van der Waals surface area contributed by atoms with E-state index in [0.717, 1.165) is 4.90 Å². The maximum atomic E-state index is 12.6. The van der Waals surface area contributed by atoms with Crippen molar-refractivity contribution in [2.24, 2.45) is 11.8 Å². The molecule has 1 saturated heterocycles. The smallest absolute Gasteiger partial charge is 0.329 e. The second-order valence-electron chi connectivity index (χ2n) is 7.51. The van der Waals surface area contributed by atoms with Crippen LogP contribution in [0.4, 0.5) is 5.69 Å². The van der Waals surface area contributed by atoms with Crippen molar-refractivity contribution in [1.29, 1.82) is 0 Å². The third-order valence-electron chi connectivity index (χ3n) is 5.57. The van der Waals surface area contributed by atoms with Gasteiger partial charge in [0, 0.05) is 11.8 Å². The van der Waals surface area contributed by atoms with Gasteiger partial charge in [0.15, 0.2) is 17.6 Å². The first kappa shape index (κ1) is 19.9. The Kier molecular flexibility index (Phi) is 5.19. The van der Waals surface area contributed by atoms with Crippen LogP contribution in [0.5, 0.6) is 11.5 Å². The summed E-state index contributed by atoms with van der Waals surface area (Å²) in [6, 6.07) is 3.81. The predicted molar refractivity (Wildman–Crippen MR) is 103 cm³/mol. The van der Waals surface area contributed by atoms with Crippen LogP contribution >= 0.6 is 0 Å². The standard InChI is InChI=1S/C21H22N2O7/c1-11(23-19(25)14-5-3-4-6-15(14)20(23)26)21(27)30-12(2)18(24)22-13-7-8-16-17(9-13)29-10-28-16/h3-4,7-9,11-12,14-15H,5-6,10H2,1-2H3,(H,22,24)/t11-,12+,14-,15-/m0/s1. The number of imide groups is 1. The van der Waals surface area contributed by atoms with Gasteiger partial charge in [-0.05, 0) is 38.8 Å². The molecule has 3 amide bonds. The summed E-state index contributed by atoms with van der Waals surface area (Å²) >= 11 is 0. The van der Waals surface area contributed by atoms with Crippen LogP contribution in [-0.2, 0) is 23.9 Å². The molecule has 3 aliphatic rings. The van der Waals surface area contributed by atoms with Gasteiger partial charge in [-0.1, -0.05) is 12.2 Å². The molecule has 1 aliphatic carbocycles. The second-order valence-corrected chi connectivity index (χ2v) is 7.51. The fraction of sp³-hybridized carbons (Fsp3) is 0.429. The van der Waals surface area contributed by atoms with Crippen LogP contribution in [0.1, 0.15) is 26.7 Å². The Morgan fingerprint density at radius 2 is 1.70 bits per heavy atom. The first-order chi connectivity index (χ1) is 14.4. The fourth-order valence-corrected chi connectivity index (χ4v) is 3.86. The maximum Gasteiger partial charge on any atom is 0.329 e. The van der Waals surface area contributed by atoms with E-state index >= 15 is 0 Å². The van der Waals surface area contributed by atoms with Gasteiger partial charge in [-0.15, -0.1) is 0 Å². The fourth-order valence-electron chi connectivity index (χ4n) is 3.86. The van der Waals surface area contributed by atoms with E-state index < -0.39 is 35.9 Å². The first-order valence-corrected chi connectivity index (χ1v) is 9.79. The molecule has 4 atom stereocenters. The van der Waals surface area contributed by atoms with E-state index in [2.05, 4.69) is 5.32 Å². The minimum Gasteiger partial charge on any atom is -0.454 e. The number of fused-ring (bicyclic) bond motifs is 2. The SMILES string of the molecule is C[C@@H](OC(=O)[C@H](C)N1C(=O)[C@H]2CC=CC[C@@H]2C1=O)C(=O)Nc1ccc2c(c1)OCO2. The second kappa shape index (κ2) is 7.81. The van der Waals surface area contributed by atoms with E-state index in [1.807, 2.05) is 12.2 Å². The van der Waals surface area contributed by atoms with Gasteiger partial charge in [0.1, 0.15) is 6.04 Å². The van der Waals surface area contributed by atoms with Gasteiger partial charge in [-0.2, -0.15) is 0 Å². The van der Waals surface area contributed by atoms with Gasteiger partial charge in [0.25, 0.3) is 5.91 Å². The van der Waals surface area contributed by atoms with Gasteiger partial charge in [0.2, 0.25) is 18.6 Å². The number of amides is 3. The van der Waals surface area contributed by atoms with Crippen molar-refractivity contribution in [2.75, 3.05) is 12.1 Å². The van der Waals surface area contributed by atoms with E-state index in [4.69, 9.17) is 14.2 Å². The molecule has 0 radical (unpaired) electrons. The van der Waals surface area contributed by atoms with E-state index in [1.54, 1.807) is 18.2 Å². The molecular formula is C21H22N2O7. The van der Waals surface area contributed by atoms with Crippen LogP contribution in [0.2, 0.25) is 0 Å². The van der Waals surface area contributed by atoms with Crippen LogP contribution in [0.25, 0.3) is 0 Å².